The number of carbonyl (C=O) groups is 2. The van der Waals surface area contributed by atoms with Gasteiger partial charge < -0.3 is 20.1 Å². The minimum atomic E-state index is -5.08. The lowest BCUT2D eigenvalue weighted by atomic mass is 9.82. The number of halogens is 3. The number of nitrogens with one attached hydrogen (secondary N) is 1. The number of rotatable bonds is 4. The van der Waals surface area contributed by atoms with Gasteiger partial charge in [-0.2, -0.15) is 13.2 Å². The van der Waals surface area contributed by atoms with Gasteiger partial charge in [0, 0.05) is 31.9 Å². The topological polar surface area (TPSA) is 122 Å². The van der Waals surface area contributed by atoms with E-state index in [4.69, 9.17) is 9.90 Å². The van der Waals surface area contributed by atoms with Gasteiger partial charge >= 0.3 is 18.1 Å². The first kappa shape index (κ1) is 22.9. The second-order valence-corrected chi connectivity index (χ2v) is 6.68. The summed E-state index contributed by atoms with van der Waals surface area (Å²) in [6.45, 7) is 0.572. The summed E-state index contributed by atoms with van der Waals surface area (Å²) in [5, 5.41) is 19.4. The molecule has 0 amide bonds. The minimum absolute atomic E-state index is 0.164. The van der Waals surface area contributed by atoms with E-state index in [0.717, 1.165) is 24.8 Å². The molecule has 1 aliphatic carbocycles. The average Bonchev–Trinajstić information content (AvgIpc) is 2.68. The Morgan fingerprint density at radius 2 is 1.97 bits per heavy atom. The van der Waals surface area contributed by atoms with Gasteiger partial charge in [0.2, 0.25) is 0 Å². The van der Waals surface area contributed by atoms with Crippen LogP contribution in [0.5, 0.6) is 0 Å². The number of aromatic nitrogens is 2. The van der Waals surface area contributed by atoms with Crippen LogP contribution in [-0.2, 0) is 18.3 Å². The molecular weight excluding hydrogens is 407 g/mol. The molecule has 0 spiro atoms. The zero-order valence-electron chi connectivity index (χ0n) is 15.9. The molecule has 11 heteroatoms. The van der Waals surface area contributed by atoms with Gasteiger partial charge in [-0.1, -0.05) is 6.07 Å². The highest BCUT2D eigenvalue weighted by atomic mass is 19.4. The molecule has 1 atom stereocenters. The number of aromatic carboxylic acids is 1. The van der Waals surface area contributed by atoms with Crippen LogP contribution >= 0.6 is 0 Å². The Bertz CT molecular complexity index is 988. The Balaban J connectivity index is 0.000000396. The highest BCUT2D eigenvalue weighted by molar-refractivity contribution is 5.88. The number of hydrogen-bond acceptors (Lipinski definition) is 5. The highest BCUT2D eigenvalue weighted by Crippen LogP contribution is 2.32. The third kappa shape index (κ3) is 5.82. The van der Waals surface area contributed by atoms with Crippen molar-refractivity contribution < 1.29 is 33.0 Å². The van der Waals surface area contributed by atoms with Crippen molar-refractivity contribution >= 4 is 17.8 Å². The standard InChI is InChI=1S/C17H19N3O3.C2HF3O2/c1-20-8-7-18-15(16(20)21)19-10-13-4-2-3-11-5-6-12(17(22)23)9-14(11)13;3-2(4,5)1(6)7/h5-9,13H,2-4,10H2,1H3,(H,18,19)(H,22,23);(H,6,7). The van der Waals surface area contributed by atoms with Gasteiger partial charge in [-0.05, 0) is 42.5 Å². The summed E-state index contributed by atoms with van der Waals surface area (Å²) in [5.74, 6) is -3.16. The van der Waals surface area contributed by atoms with Crippen molar-refractivity contribution in [3.8, 4) is 0 Å². The Labute approximate surface area is 169 Å². The fraction of sp³-hybridized carbons (Fsp3) is 0.368. The first-order chi connectivity index (χ1) is 14.0. The third-order valence-electron chi connectivity index (χ3n) is 4.61. The predicted molar refractivity (Wildman–Crippen MR) is 101 cm³/mol. The molecule has 1 aliphatic rings. The van der Waals surface area contributed by atoms with Crippen LogP contribution in [0.3, 0.4) is 0 Å². The van der Waals surface area contributed by atoms with Gasteiger partial charge in [0.1, 0.15) is 0 Å². The number of carboxylic acid groups (broad SMARTS) is 2. The maximum Gasteiger partial charge on any atom is 0.490 e. The Morgan fingerprint density at radius 1 is 1.30 bits per heavy atom. The number of aryl methyl sites for hydroxylation is 2. The molecule has 30 heavy (non-hydrogen) atoms. The van der Waals surface area contributed by atoms with Crippen molar-refractivity contribution in [3.05, 3.63) is 57.6 Å². The van der Waals surface area contributed by atoms with Gasteiger partial charge in [0.15, 0.2) is 5.82 Å². The molecule has 1 heterocycles. The van der Waals surface area contributed by atoms with E-state index in [2.05, 4.69) is 10.3 Å². The Hall–Kier alpha value is -3.37. The molecule has 162 valence electrons. The van der Waals surface area contributed by atoms with Crippen LogP contribution in [0.15, 0.2) is 35.4 Å². The van der Waals surface area contributed by atoms with Crippen LogP contribution in [0.4, 0.5) is 19.0 Å². The van der Waals surface area contributed by atoms with Crippen LogP contribution in [0.1, 0.15) is 40.2 Å². The summed E-state index contributed by atoms with van der Waals surface area (Å²) in [4.78, 5) is 36.2. The van der Waals surface area contributed by atoms with Crippen molar-refractivity contribution in [1.29, 1.82) is 0 Å². The Kier molecular flexibility index (Phi) is 7.19. The van der Waals surface area contributed by atoms with Gasteiger partial charge in [-0.3, -0.25) is 4.79 Å². The second-order valence-electron chi connectivity index (χ2n) is 6.68. The van der Waals surface area contributed by atoms with Crippen molar-refractivity contribution in [1.82, 2.24) is 9.55 Å². The molecule has 1 unspecified atom stereocenters. The second kappa shape index (κ2) is 9.42. The molecule has 1 aromatic carbocycles. The van der Waals surface area contributed by atoms with E-state index in [1.54, 1.807) is 31.6 Å². The predicted octanol–water partition coefficient (Wildman–Crippen LogP) is 2.64. The van der Waals surface area contributed by atoms with Gasteiger partial charge in [0.25, 0.3) is 5.56 Å². The lowest BCUT2D eigenvalue weighted by molar-refractivity contribution is -0.192. The Morgan fingerprint density at radius 3 is 2.57 bits per heavy atom. The van der Waals surface area contributed by atoms with Gasteiger partial charge in [-0.15, -0.1) is 0 Å². The van der Waals surface area contributed by atoms with E-state index < -0.39 is 18.1 Å². The van der Waals surface area contributed by atoms with E-state index >= 15 is 0 Å². The summed E-state index contributed by atoms with van der Waals surface area (Å²) in [7, 11) is 1.68. The molecule has 0 bridgehead atoms. The van der Waals surface area contributed by atoms with E-state index in [1.807, 2.05) is 6.07 Å². The van der Waals surface area contributed by atoms with Crippen molar-refractivity contribution in [2.24, 2.45) is 7.05 Å². The number of nitrogens with zero attached hydrogens (tertiary/aromatic N) is 2. The zero-order valence-corrected chi connectivity index (χ0v) is 15.9. The zero-order chi connectivity index (χ0) is 22.5. The highest BCUT2D eigenvalue weighted by Gasteiger charge is 2.38. The number of fused-ring (bicyclic) bond motifs is 1. The number of anilines is 1. The summed E-state index contributed by atoms with van der Waals surface area (Å²) in [6, 6.07) is 5.33. The maximum atomic E-state index is 12.0. The first-order valence-electron chi connectivity index (χ1n) is 8.92. The molecule has 3 rings (SSSR count). The molecule has 0 saturated heterocycles. The van der Waals surface area contributed by atoms with Crippen molar-refractivity contribution in [2.45, 2.75) is 31.4 Å². The molecule has 8 nitrogen and oxygen atoms in total. The number of hydrogen-bond donors (Lipinski definition) is 3. The van der Waals surface area contributed by atoms with Crippen LogP contribution in [0.2, 0.25) is 0 Å². The fourth-order valence-corrected chi connectivity index (χ4v) is 3.08. The summed E-state index contributed by atoms with van der Waals surface area (Å²) in [5.41, 5.74) is 2.41. The van der Waals surface area contributed by atoms with Crippen molar-refractivity contribution in [3.63, 3.8) is 0 Å². The van der Waals surface area contributed by atoms with Crippen molar-refractivity contribution in [2.75, 3.05) is 11.9 Å². The monoisotopic (exact) mass is 427 g/mol. The maximum absolute atomic E-state index is 12.0. The van der Waals surface area contributed by atoms with Crippen LogP contribution < -0.4 is 10.9 Å². The molecule has 3 N–H and O–H groups in total. The number of benzene rings is 1. The summed E-state index contributed by atoms with van der Waals surface area (Å²) < 4.78 is 33.2. The number of aliphatic carboxylic acids is 1. The molecule has 1 aromatic heterocycles. The minimum Gasteiger partial charge on any atom is -0.478 e. The smallest absolute Gasteiger partial charge is 0.478 e. The van der Waals surface area contributed by atoms with Crippen LogP contribution in [-0.4, -0.2) is 44.4 Å². The van der Waals surface area contributed by atoms with E-state index in [0.29, 0.717) is 17.9 Å². The third-order valence-corrected chi connectivity index (χ3v) is 4.61. The average molecular weight is 427 g/mol. The molecule has 0 radical (unpaired) electrons. The van der Waals surface area contributed by atoms with E-state index in [-0.39, 0.29) is 11.5 Å². The van der Waals surface area contributed by atoms with Gasteiger partial charge in [-0.25, -0.2) is 14.6 Å². The van der Waals surface area contributed by atoms with E-state index in [1.165, 1.54) is 10.1 Å². The largest absolute Gasteiger partial charge is 0.490 e. The molecule has 2 aromatic rings. The molecule has 0 fully saturated rings. The van der Waals surface area contributed by atoms with E-state index in [9.17, 15) is 27.9 Å². The first-order valence-corrected chi connectivity index (χ1v) is 8.92. The number of alkyl halides is 3. The van der Waals surface area contributed by atoms with Gasteiger partial charge in [0.05, 0.1) is 5.56 Å². The summed E-state index contributed by atoms with van der Waals surface area (Å²) in [6.07, 6.45) is 1.11. The van der Waals surface area contributed by atoms with Crippen LogP contribution in [0.25, 0.3) is 0 Å². The SMILES string of the molecule is Cn1ccnc(NCC2CCCc3ccc(C(=O)O)cc32)c1=O.O=C(O)C(F)(F)F. The number of carboxylic acids is 2. The fourth-order valence-electron chi connectivity index (χ4n) is 3.08. The quantitative estimate of drug-likeness (QED) is 0.686. The molecule has 0 saturated carbocycles. The molecule has 0 aliphatic heterocycles. The normalized spacial score (nSPS) is 15.4. The lowest BCUT2D eigenvalue weighted by Gasteiger charge is -2.26. The van der Waals surface area contributed by atoms with Crippen LogP contribution in [0, 0.1) is 0 Å². The molecular formula is C19H20F3N3O5. The lowest BCUT2D eigenvalue weighted by Crippen LogP contribution is -2.25. The summed E-state index contributed by atoms with van der Waals surface area (Å²) >= 11 is 0.